The van der Waals surface area contributed by atoms with Crippen LogP contribution in [0.15, 0.2) is 54.6 Å². The van der Waals surface area contributed by atoms with Crippen LogP contribution in [-0.2, 0) is 20.7 Å². The molecule has 0 heterocycles. The number of thiocarbonyl (C=S) groups is 1. The van der Waals surface area contributed by atoms with Gasteiger partial charge in [-0.1, -0.05) is 49.4 Å². The summed E-state index contributed by atoms with van der Waals surface area (Å²) < 4.78 is 10.8. The Morgan fingerprint density at radius 1 is 0.882 bits per heavy atom. The van der Waals surface area contributed by atoms with Gasteiger partial charge in [-0.2, -0.15) is 0 Å². The van der Waals surface area contributed by atoms with E-state index in [4.69, 9.17) is 21.7 Å². The standard InChI is InChI=1S/C25H31N3O5S/c1-2-17-32-21-14-7-6-13-20(21)24(31)27-28-25(34)26-22(29)15-8-16-23(30)33-18-9-12-19-10-4-3-5-11-19/h3-7,10-11,13-14H,2,8-9,12,15-18H2,1H3,(H,27,31)(H2,26,28,29,34). The number of carbonyl (C=O) groups is 3. The van der Waals surface area contributed by atoms with Crippen molar-refractivity contribution in [1.29, 1.82) is 0 Å². The molecule has 2 amide bonds. The highest BCUT2D eigenvalue weighted by Gasteiger charge is 2.13. The average Bonchev–Trinajstić information content (AvgIpc) is 2.84. The van der Waals surface area contributed by atoms with Crippen LogP contribution in [0.1, 0.15) is 54.9 Å². The van der Waals surface area contributed by atoms with Crippen molar-refractivity contribution in [3.8, 4) is 5.75 Å². The Morgan fingerprint density at radius 2 is 1.62 bits per heavy atom. The Labute approximate surface area is 205 Å². The zero-order valence-electron chi connectivity index (χ0n) is 19.3. The van der Waals surface area contributed by atoms with Gasteiger partial charge in [0.2, 0.25) is 5.91 Å². The van der Waals surface area contributed by atoms with Crippen LogP contribution in [0.25, 0.3) is 0 Å². The summed E-state index contributed by atoms with van der Waals surface area (Å²) in [6.45, 7) is 2.81. The zero-order chi connectivity index (χ0) is 24.6. The lowest BCUT2D eigenvalue weighted by Crippen LogP contribution is -2.48. The molecule has 8 nitrogen and oxygen atoms in total. The fourth-order valence-corrected chi connectivity index (χ4v) is 3.13. The van der Waals surface area contributed by atoms with Crippen LogP contribution in [-0.4, -0.2) is 36.1 Å². The van der Waals surface area contributed by atoms with E-state index in [0.717, 1.165) is 19.3 Å². The van der Waals surface area contributed by atoms with Crippen molar-refractivity contribution < 1.29 is 23.9 Å². The lowest BCUT2D eigenvalue weighted by Gasteiger charge is -2.13. The van der Waals surface area contributed by atoms with Gasteiger partial charge in [0, 0.05) is 12.8 Å². The van der Waals surface area contributed by atoms with E-state index in [9.17, 15) is 14.4 Å². The minimum Gasteiger partial charge on any atom is -0.493 e. The Morgan fingerprint density at radius 3 is 2.38 bits per heavy atom. The maximum atomic E-state index is 12.4. The van der Waals surface area contributed by atoms with Crippen molar-refractivity contribution in [3.63, 3.8) is 0 Å². The molecule has 0 aliphatic heterocycles. The van der Waals surface area contributed by atoms with E-state index in [1.54, 1.807) is 24.3 Å². The molecule has 0 bridgehead atoms. The van der Waals surface area contributed by atoms with Crippen molar-refractivity contribution in [2.24, 2.45) is 0 Å². The van der Waals surface area contributed by atoms with Crippen molar-refractivity contribution in [3.05, 3.63) is 65.7 Å². The number of para-hydroxylation sites is 1. The molecule has 2 rings (SSSR count). The second-order valence-electron chi connectivity index (χ2n) is 7.46. The summed E-state index contributed by atoms with van der Waals surface area (Å²) in [6, 6.07) is 16.8. The van der Waals surface area contributed by atoms with Crippen molar-refractivity contribution >= 4 is 35.1 Å². The van der Waals surface area contributed by atoms with Gasteiger partial charge in [0.25, 0.3) is 5.91 Å². The van der Waals surface area contributed by atoms with Gasteiger partial charge in [-0.15, -0.1) is 0 Å². The molecule has 2 aromatic carbocycles. The summed E-state index contributed by atoms with van der Waals surface area (Å²) in [7, 11) is 0. The first-order valence-electron chi connectivity index (χ1n) is 11.3. The Balaban J connectivity index is 1.59. The maximum Gasteiger partial charge on any atom is 0.305 e. The predicted molar refractivity (Wildman–Crippen MR) is 133 cm³/mol. The van der Waals surface area contributed by atoms with Crippen LogP contribution in [0.5, 0.6) is 5.75 Å². The molecule has 0 saturated heterocycles. The molecule has 182 valence electrons. The number of ether oxygens (including phenoxy) is 2. The fraction of sp³-hybridized carbons (Fsp3) is 0.360. The SMILES string of the molecule is CCCOc1ccccc1C(=O)NNC(=S)NC(=O)CCCC(=O)OCCCc1ccccc1. The molecule has 3 N–H and O–H groups in total. The number of rotatable bonds is 12. The van der Waals surface area contributed by atoms with E-state index in [0.29, 0.717) is 30.9 Å². The van der Waals surface area contributed by atoms with Gasteiger partial charge >= 0.3 is 5.97 Å². The number of hydrogen-bond acceptors (Lipinski definition) is 6. The minimum absolute atomic E-state index is 0.0474. The first kappa shape index (κ1) is 26.8. The van der Waals surface area contributed by atoms with Gasteiger partial charge in [0.1, 0.15) is 5.75 Å². The van der Waals surface area contributed by atoms with E-state index in [2.05, 4.69) is 16.2 Å². The van der Waals surface area contributed by atoms with Gasteiger partial charge in [-0.05, 0) is 55.6 Å². The van der Waals surface area contributed by atoms with Crippen molar-refractivity contribution in [2.75, 3.05) is 13.2 Å². The average molecular weight is 486 g/mol. The quantitative estimate of drug-likeness (QED) is 0.183. The molecular weight excluding hydrogens is 454 g/mol. The third-order valence-corrected chi connectivity index (χ3v) is 4.84. The number of esters is 1. The molecule has 0 aliphatic carbocycles. The van der Waals surface area contributed by atoms with Gasteiger partial charge in [-0.25, -0.2) is 0 Å². The summed E-state index contributed by atoms with van der Waals surface area (Å²) in [6.07, 6.45) is 2.98. The summed E-state index contributed by atoms with van der Waals surface area (Å²) in [5, 5.41) is 2.42. The molecule has 0 aromatic heterocycles. The van der Waals surface area contributed by atoms with Crippen LogP contribution >= 0.6 is 12.2 Å². The van der Waals surface area contributed by atoms with E-state index in [1.165, 1.54) is 5.56 Å². The first-order valence-corrected chi connectivity index (χ1v) is 11.7. The van der Waals surface area contributed by atoms with E-state index >= 15 is 0 Å². The number of hydrogen-bond donors (Lipinski definition) is 3. The Hall–Kier alpha value is -3.46. The molecule has 0 spiro atoms. The molecule has 34 heavy (non-hydrogen) atoms. The fourth-order valence-electron chi connectivity index (χ4n) is 2.97. The lowest BCUT2D eigenvalue weighted by molar-refractivity contribution is -0.143. The molecular formula is C25H31N3O5S. The van der Waals surface area contributed by atoms with Crippen LogP contribution in [0.3, 0.4) is 0 Å². The highest BCUT2D eigenvalue weighted by atomic mass is 32.1. The summed E-state index contributed by atoms with van der Waals surface area (Å²) in [5.74, 6) is -0.683. The Kier molecular flexibility index (Phi) is 12.1. The van der Waals surface area contributed by atoms with Gasteiger partial charge < -0.3 is 14.8 Å². The van der Waals surface area contributed by atoms with E-state index in [-0.39, 0.29) is 29.8 Å². The van der Waals surface area contributed by atoms with Gasteiger partial charge in [-0.3, -0.25) is 25.2 Å². The molecule has 2 aromatic rings. The highest BCUT2D eigenvalue weighted by Crippen LogP contribution is 2.17. The molecule has 0 atom stereocenters. The zero-order valence-corrected chi connectivity index (χ0v) is 20.1. The summed E-state index contributed by atoms with van der Waals surface area (Å²) in [4.78, 5) is 36.2. The number of benzene rings is 2. The second-order valence-corrected chi connectivity index (χ2v) is 7.87. The van der Waals surface area contributed by atoms with Crippen molar-refractivity contribution in [2.45, 2.75) is 45.4 Å². The van der Waals surface area contributed by atoms with Crippen LogP contribution < -0.4 is 20.9 Å². The third kappa shape index (κ3) is 10.4. The van der Waals surface area contributed by atoms with Crippen LogP contribution in [0.4, 0.5) is 0 Å². The molecule has 0 fully saturated rings. The molecule has 0 radical (unpaired) electrons. The molecule has 9 heteroatoms. The van der Waals surface area contributed by atoms with Crippen LogP contribution in [0.2, 0.25) is 0 Å². The monoisotopic (exact) mass is 485 g/mol. The molecule has 0 unspecified atom stereocenters. The maximum absolute atomic E-state index is 12.4. The minimum atomic E-state index is -0.446. The number of nitrogens with one attached hydrogen (secondary N) is 3. The highest BCUT2D eigenvalue weighted by molar-refractivity contribution is 7.80. The number of amides is 2. The summed E-state index contributed by atoms with van der Waals surface area (Å²) >= 11 is 5.03. The second kappa shape index (κ2) is 15.4. The van der Waals surface area contributed by atoms with Gasteiger partial charge in [0.05, 0.1) is 18.8 Å². The normalized spacial score (nSPS) is 10.1. The topological polar surface area (TPSA) is 106 Å². The summed E-state index contributed by atoms with van der Waals surface area (Å²) in [5.41, 5.74) is 6.48. The first-order chi connectivity index (χ1) is 16.5. The van der Waals surface area contributed by atoms with Crippen molar-refractivity contribution in [1.82, 2.24) is 16.2 Å². The largest absolute Gasteiger partial charge is 0.493 e. The van der Waals surface area contributed by atoms with Crippen LogP contribution in [0, 0.1) is 0 Å². The lowest BCUT2D eigenvalue weighted by atomic mass is 10.1. The van der Waals surface area contributed by atoms with E-state index < -0.39 is 5.91 Å². The predicted octanol–water partition coefficient (Wildman–Crippen LogP) is 3.46. The molecule has 0 saturated carbocycles. The third-order valence-electron chi connectivity index (χ3n) is 4.64. The van der Waals surface area contributed by atoms with E-state index in [1.807, 2.05) is 37.3 Å². The van der Waals surface area contributed by atoms with Gasteiger partial charge in [0.15, 0.2) is 5.11 Å². The number of aryl methyl sites for hydroxylation is 1. The number of hydrazine groups is 1. The smallest absolute Gasteiger partial charge is 0.305 e. The molecule has 0 aliphatic rings. The Bertz CT molecular complexity index is 953. The number of carbonyl (C=O) groups excluding carboxylic acids is 3.